The minimum absolute atomic E-state index is 0.0636. The minimum Gasteiger partial charge on any atom is -0.491 e. The molecule has 1 aromatic heterocycles. The first kappa shape index (κ1) is 17.7. The van der Waals surface area contributed by atoms with Gasteiger partial charge in [-0.05, 0) is 32.0 Å². The Morgan fingerprint density at radius 1 is 1.32 bits per heavy atom. The third-order valence-electron chi connectivity index (χ3n) is 3.91. The van der Waals surface area contributed by atoms with Crippen LogP contribution in [0.5, 0.6) is 5.75 Å². The number of sulfonamides is 1. The van der Waals surface area contributed by atoms with Crippen molar-refractivity contribution in [3.8, 4) is 5.75 Å². The van der Waals surface area contributed by atoms with Gasteiger partial charge < -0.3 is 20.2 Å². The fourth-order valence-corrected chi connectivity index (χ4v) is 4.59. The van der Waals surface area contributed by atoms with Crippen molar-refractivity contribution in [2.45, 2.75) is 24.8 Å². The lowest BCUT2D eigenvalue weighted by atomic mass is 10.2. The van der Waals surface area contributed by atoms with Crippen molar-refractivity contribution < 1.29 is 22.7 Å². The largest absolute Gasteiger partial charge is 0.491 e. The third kappa shape index (κ3) is 3.35. The van der Waals surface area contributed by atoms with Crippen LogP contribution in [-0.2, 0) is 14.8 Å². The molecule has 1 aliphatic rings. The molecule has 0 bridgehead atoms. The van der Waals surface area contributed by atoms with Crippen LogP contribution in [0.3, 0.4) is 0 Å². The van der Waals surface area contributed by atoms with Crippen LogP contribution in [0.4, 0.5) is 0 Å². The Labute approximate surface area is 145 Å². The quantitative estimate of drug-likeness (QED) is 0.820. The number of carbonyl (C=O) groups is 1. The number of ether oxygens (including phenoxy) is 2. The number of nitrogens with one attached hydrogen (secondary N) is 1. The summed E-state index contributed by atoms with van der Waals surface area (Å²) in [5.74, 6) is -0.301. The lowest BCUT2D eigenvalue weighted by Crippen LogP contribution is -2.41. The summed E-state index contributed by atoms with van der Waals surface area (Å²) in [6.45, 7) is 4.85. The maximum absolute atomic E-state index is 13.1. The average Bonchev–Trinajstić information content (AvgIpc) is 2.95. The monoisotopic (exact) mass is 367 g/mol. The Hall–Kier alpha value is -2.10. The summed E-state index contributed by atoms with van der Waals surface area (Å²) < 4.78 is 38.4. The van der Waals surface area contributed by atoms with Gasteiger partial charge in [-0.15, -0.1) is 0 Å². The lowest BCUT2D eigenvalue weighted by Gasteiger charge is -2.26. The number of rotatable bonds is 5. The first-order chi connectivity index (χ1) is 11.8. The number of aromatic nitrogens is 1. The number of hydrogen-bond donors (Lipinski definition) is 2. The molecule has 0 radical (unpaired) electrons. The van der Waals surface area contributed by atoms with E-state index in [0.717, 1.165) is 0 Å². The number of nitrogens with zero attached hydrogens (tertiary/aromatic N) is 1. The van der Waals surface area contributed by atoms with E-state index in [9.17, 15) is 13.2 Å². The van der Waals surface area contributed by atoms with Gasteiger partial charge in [0.2, 0.25) is 10.0 Å². The van der Waals surface area contributed by atoms with Crippen molar-refractivity contribution in [1.82, 2.24) is 9.29 Å². The number of amides is 1. The number of primary amides is 1. The van der Waals surface area contributed by atoms with Crippen LogP contribution in [0.1, 0.15) is 24.3 Å². The van der Waals surface area contributed by atoms with Gasteiger partial charge >= 0.3 is 0 Å². The summed E-state index contributed by atoms with van der Waals surface area (Å²) in [5, 5.41) is 0.387. The van der Waals surface area contributed by atoms with E-state index in [4.69, 9.17) is 15.2 Å². The summed E-state index contributed by atoms with van der Waals surface area (Å²) in [6, 6.07) is 5.01. The Morgan fingerprint density at radius 3 is 2.60 bits per heavy atom. The highest BCUT2D eigenvalue weighted by Gasteiger charge is 2.33. The highest BCUT2D eigenvalue weighted by molar-refractivity contribution is 7.89. The molecule has 1 saturated heterocycles. The van der Waals surface area contributed by atoms with E-state index in [2.05, 4.69) is 4.98 Å². The molecule has 9 heteroatoms. The molecular formula is C16H21N3O5S. The predicted octanol–water partition coefficient (Wildman–Crippen LogP) is 1.07. The van der Waals surface area contributed by atoms with E-state index < -0.39 is 15.9 Å². The third-order valence-corrected chi connectivity index (χ3v) is 5.89. The molecule has 2 aromatic rings. The minimum atomic E-state index is -3.90. The highest BCUT2D eigenvalue weighted by atomic mass is 32.2. The van der Waals surface area contributed by atoms with Gasteiger partial charge in [-0.2, -0.15) is 4.31 Å². The SMILES string of the molecule is CC(C)Oc1ccc2[nH]c(C(N)=O)c(S(=O)(=O)N3CCOCC3)c2c1. The van der Waals surface area contributed by atoms with E-state index in [-0.39, 0.29) is 29.8 Å². The van der Waals surface area contributed by atoms with E-state index >= 15 is 0 Å². The number of carbonyl (C=O) groups excluding carboxylic acids is 1. The van der Waals surface area contributed by atoms with E-state index in [1.54, 1.807) is 18.2 Å². The molecule has 0 atom stereocenters. The number of H-pyrrole nitrogens is 1. The smallest absolute Gasteiger partial charge is 0.266 e. The second-order valence-corrected chi connectivity index (χ2v) is 7.96. The maximum Gasteiger partial charge on any atom is 0.266 e. The second kappa shape index (κ2) is 6.66. The molecule has 8 nitrogen and oxygen atoms in total. The van der Waals surface area contributed by atoms with Gasteiger partial charge in [0.15, 0.2) is 0 Å². The molecule has 136 valence electrons. The molecule has 25 heavy (non-hydrogen) atoms. The van der Waals surface area contributed by atoms with Gasteiger partial charge in [0.25, 0.3) is 5.91 Å². The molecule has 0 spiro atoms. The van der Waals surface area contributed by atoms with Crippen molar-refractivity contribution in [3.05, 3.63) is 23.9 Å². The van der Waals surface area contributed by atoms with Crippen molar-refractivity contribution in [3.63, 3.8) is 0 Å². The molecule has 1 amide bonds. The van der Waals surface area contributed by atoms with Gasteiger partial charge in [-0.25, -0.2) is 8.42 Å². The Morgan fingerprint density at radius 2 is 2.00 bits per heavy atom. The first-order valence-electron chi connectivity index (χ1n) is 8.01. The van der Waals surface area contributed by atoms with E-state index in [1.807, 2.05) is 13.8 Å². The van der Waals surface area contributed by atoms with Crippen LogP contribution in [0, 0.1) is 0 Å². The fourth-order valence-electron chi connectivity index (χ4n) is 2.85. The van der Waals surface area contributed by atoms with Gasteiger partial charge in [0.05, 0.1) is 19.3 Å². The van der Waals surface area contributed by atoms with Crippen LogP contribution in [0.2, 0.25) is 0 Å². The Balaban J connectivity index is 2.19. The average molecular weight is 367 g/mol. The summed E-state index contributed by atoms with van der Waals surface area (Å²) in [4.78, 5) is 14.6. The van der Waals surface area contributed by atoms with Crippen molar-refractivity contribution in [2.75, 3.05) is 26.3 Å². The molecule has 1 aromatic carbocycles. The topological polar surface area (TPSA) is 115 Å². The van der Waals surface area contributed by atoms with Crippen molar-refractivity contribution in [2.24, 2.45) is 5.73 Å². The van der Waals surface area contributed by atoms with Crippen LogP contribution >= 0.6 is 0 Å². The number of aromatic amines is 1. The summed E-state index contributed by atoms with van der Waals surface area (Å²) >= 11 is 0. The predicted molar refractivity (Wildman–Crippen MR) is 92.2 cm³/mol. The van der Waals surface area contributed by atoms with E-state index in [1.165, 1.54) is 4.31 Å². The first-order valence-corrected chi connectivity index (χ1v) is 9.45. The molecule has 3 N–H and O–H groups in total. The zero-order valence-corrected chi connectivity index (χ0v) is 14.9. The van der Waals surface area contributed by atoms with Crippen LogP contribution in [0.15, 0.2) is 23.1 Å². The molecule has 1 aliphatic heterocycles. The normalized spacial score (nSPS) is 16.4. The second-order valence-electron chi connectivity index (χ2n) is 6.08. The number of morpholine rings is 1. The molecule has 1 fully saturated rings. The van der Waals surface area contributed by atoms with Crippen LogP contribution in [0.25, 0.3) is 10.9 Å². The van der Waals surface area contributed by atoms with Gasteiger partial charge in [0, 0.05) is 24.0 Å². The lowest BCUT2D eigenvalue weighted by molar-refractivity contribution is 0.0730. The number of hydrogen-bond acceptors (Lipinski definition) is 5. The molecule has 2 heterocycles. The number of fused-ring (bicyclic) bond motifs is 1. The fraction of sp³-hybridized carbons (Fsp3) is 0.438. The molecular weight excluding hydrogens is 346 g/mol. The summed E-state index contributed by atoms with van der Waals surface area (Å²) in [5.41, 5.74) is 5.80. The zero-order valence-electron chi connectivity index (χ0n) is 14.1. The summed E-state index contributed by atoms with van der Waals surface area (Å²) in [7, 11) is -3.90. The van der Waals surface area contributed by atoms with E-state index in [0.29, 0.717) is 29.9 Å². The number of nitrogens with two attached hydrogens (primary N) is 1. The maximum atomic E-state index is 13.1. The van der Waals surface area contributed by atoms with Crippen LogP contribution in [-0.4, -0.2) is 56.0 Å². The molecule has 3 rings (SSSR count). The highest BCUT2D eigenvalue weighted by Crippen LogP contribution is 2.32. The van der Waals surface area contributed by atoms with Gasteiger partial charge in [-0.3, -0.25) is 4.79 Å². The molecule has 0 saturated carbocycles. The Kier molecular flexibility index (Phi) is 4.72. The molecule has 0 unspecified atom stereocenters. The summed E-state index contributed by atoms with van der Waals surface area (Å²) in [6.07, 6.45) is -0.0636. The van der Waals surface area contributed by atoms with Crippen LogP contribution < -0.4 is 10.5 Å². The number of benzene rings is 1. The zero-order chi connectivity index (χ0) is 18.2. The van der Waals surface area contributed by atoms with Crippen molar-refractivity contribution >= 4 is 26.8 Å². The Bertz CT molecular complexity index is 898. The van der Waals surface area contributed by atoms with Crippen molar-refractivity contribution in [1.29, 1.82) is 0 Å². The van der Waals surface area contributed by atoms with Gasteiger partial charge in [0.1, 0.15) is 16.3 Å². The van der Waals surface area contributed by atoms with Gasteiger partial charge in [-0.1, -0.05) is 0 Å². The molecule has 0 aliphatic carbocycles. The standard InChI is InChI=1S/C16H21N3O5S/c1-10(2)24-11-3-4-13-12(9-11)15(14(18-13)16(17)20)25(21,22)19-5-7-23-8-6-19/h3-4,9-10,18H,5-8H2,1-2H3,(H2,17,20).